The van der Waals surface area contributed by atoms with E-state index in [1.165, 1.54) is 11.1 Å². The lowest BCUT2D eigenvalue weighted by molar-refractivity contribution is 0.312. The highest BCUT2D eigenvalue weighted by atomic mass is 16.5. The van der Waals surface area contributed by atoms with Gasteiger partial charge in [-0.3, -0.25) is 9.97 Å². The topological polar surface area (TPSA) is 76.1 Å². The van der Waals surface area contributed by atoms with Crippen LogP contribution in [-0.4, -0.2) is 45.5 Å². The molecule has 6 rings (SSSR count). The van der Waals surface area contributed by atoms with Crippen molar-refractivity contribution in [1.82, 2.24) is 24.8 Å². The minimum Gasteiger partial charge on any atom is -0.495 e. The lowest BCUT2D eigenvalue weighted by Crippen LogP contribution is -2.26. The van der Waals surface area contributed by atoms with E-state index in [9.17, 15) is 0 Å². The molecule has 168 valence electrons. The molecule has 7 nitrogen and oxygen atoms in total. The molecule has 0 atom stereocenters. The Kier molecular flexibility index (Phi) is 5.04. The van der Waals surface area contributed by atoms with Crippen LogP contribution in [0.15, 0.2) is 67.3 Å². The molecule has 0 unspecified atom stereocenters. The molecule has 3 aromatic heterocycles. The molecule has 0 spiro atoms. The van der Waals surface area contributed by atoms with Gasteiger partial charge in [0.2, 0.25) is 5.95 Å². The molecule has 0 radical (unpaired) electrons. The zero-order chi connectivity index (χ0) is 23.1. The van der Waals surface area contributed by atoms with E-state index in [0.29, 0.717) is 5.95 Å². The van der Waals surface area contributed by atoms with Crippen molar-refractivity contribution in [2.75, 3.05) is 26.0 Å². The quantitative estimate of drug-likeness (QED) is 0.415. The second-order valence-electron chi connectivity index (χ2n) is 8.66. The van der Waals surface area contributed by atoms with Gasteiger partial charge in [-0.25, -0.2) is 9.97 Å². The van der Waals surface area contributed by atoms with E-state index in [0.717, 1.165) is 63.9 Å². The Morgan fingerprint density at radius 1 is 0.971 bits per heavy atom. The zero-order valence-corrected chi connectivity index (χ0v) is 19.1. The summed E-state index contributed by atoms with van der Waals surface area (Å²) in [7, 11) is 3.84. The number of nitrogens with one attached hydrogen (secondary N) is 1. The maximum atomic E-state index is 5.67. The summed E-state index contributed by atoms with van der Waals surface area (Å²) < 4.78 is 5.67. The number of methoxy groups -OCH3 is 1. The molecule has 0 amide bonds. The summed E-state index contributed by atoms with van der Waals surface area (Å²) in [5, 5.41) is 5.36. The van der Waals surface area contributed by atoms with Crippen LogP contribution in [0.3, 0.4) is 0 Å². The zero-order valence-electron chi connectivity index (χ0n) is 19.1. The van der Waals surface area contributed by atoms with Crippen molar-refractivity contribution in [2.45, 2.75) is 13.0 Å². The first kappa shape index (κ1) is 20.5. The van der Waals surface area contributed by atoms with Crippen molar-refractivity contribution in [3.63, 3.8) is 0 Å². The standard InChI is InChI=1S/C27H24N6O/c1-33-9-7-17-12-25(34-2)24(11-21(17)16-33)32-27-30-14-19-6-5-18(10-23(19)31-27)22-15-28-13-20-4-3-8-29-26(20)22/h3-6,8,10-15H,7,9,16H2,1-2H3,(H,30,31,32). The smallest absolute Gasteiger partial charge is 0.227 e. The van der Waals surface area contributed by atoms with Crippen molar-refractivity contribution >= 4 is 33.4 Å². The summed E-state index contributed by atoms with van der Waals surface area (Å²) in [6.07, 6.45) is 8.36. The number of aromatic nitrogens is 4. The maximum absolute atomic E-state index is 5.67. The maximum Gasteiger partial charge on any atom is 0.227 e. The number of ether oxygens (including phenoxy) is 1. The number of pyridine rings is 2. The molecule has 0 bridgehead atoms. The first-order valence-electron chi connectivity index (χ1n) is 11.3. The summed E-state index contributed by atoms with van der Waals surface area (Å²) in [6, 6.07) is 14.4. The molecule has 1 aliphatic heterocycles. The Bertz CT molecular complexity index is 1530. The SMILES string of the molecule is COc1cc2c(cc1Nc1ncc3ccc(-c4cncc5cccnc45)cc3n1)CN(C)CC2. The predicted molar refractivity (Wildman–Crippen MR) is 134 cm³/mol. The number of fused-ring (bicyclic) bond motifs is 3. The summed E-state index contributed by atoms with van der Waals surface area (Å²) >= 11 is 0. The molecule has 2 aromatic carbocycles. The highest BCUT2D eigenvalue weighted by molar-refractivity contribution is 5.95. The first-order valence-corrected chi connectivity index (χ1v) is 11.3. The molecule has 7 heteroatoms. The Hall–Kier alpha value is -4.10. The van der Waals surface area contributed by atoms with Gasteiger partial charge in [0.25, 0.3) is 0 Å². The largest absolute Gasteiger partial charge is 0.495 e. The van der Waals surface area contributed by atoms with Crippen molar-refractivity contribution < 1.29 is 4.74 Å². The minimum absolute atomic E-state index is 0.529. The van der Waals surface area contributed by atoms with E-state index in [2.05, 4.69) is 56.5 Å². The van der Waals surface area contributed by atoms with Crippen LogP contribution in [0.1, 0.15) is 11.1 Å². The van der Waals surface area contributed by atoms with Gasteiger partial charge >= 0.3 is 0 Å². The lowest BCUT2D eigenvalue weighted by Gasteiger charge is -2.26. The normalized spacial score (nSPS) is 13.7. The monoisotopic (exact) mass is 448 g/mol. The number of anilines is 2. The van der Waals surface area contributed by atoms with Gasteiger partial charge < -0.3 is 15.0 Å². The molecule has 4 heterocycles. The van der Waals surface area contributed by atoms with Gasteiger partial charge in [0.05, 0.1) is 23.8 Å². The molecule has 0 fully saturated rings. The Balaban J connectivity index is 1.38. The summed E-state index contributed by atoms with van der Waals surface area (Å²) in [6.45, 7) is 1.98. The summed E-state index contributed by atoms with van der Waals surface area (Å²) in [4.78, 5) is 20.6. The van der Waals surface area contributed by atoms with E-state index in [1.54, 1.807) is 13.3 Å². The number of rotatable bonds is 4. The number of likely N-dealkylation sites (N-methyl/N-ethyl adjacent to an activating group) is 1. The van der Waals surface area contributed by atoms with Crippen LogP contribution < -0.4 is 10.1 Å². The second kappa shape index (κ2) is 8.35. The van der Waals surface area contributed by atoms with Gasteiger partial charge in [-0.2, -0.15) is 0 Å². The molecule has 5 aromatic rings. The Morgan fingerprint density at radius 2 is 1.91 bits per heavy atom. The van der Waals surface area contributed by atoms with Crippen molar-refractivity contribution in [2.24, 2.45) is 0 Å². The molecule has 1 aliphatic rings. The third-order valence-electron chi connectivity index (χ3n) is 6.38. The molecule has 0 saturated carbocycles. The highest BCUT2D eigenvalue weighted by Gasteiger charge is 2.17. The van der Waals surface area contributed by atoms with Crippen molar-refractivity contribution in [1.29, 1.82) is 0 Å². The van der Waals surface area contributed by atoms with E-state index < -0.39 is 0 Å². The van der Waals surface area contributed by atoms with Gasteiger partial charge in [-0.1, -0.05) is 12.1 Å². The van der Waals surface area contributed by atoms with Crippen molar-refractivity contribution in [3.05, 3.63) is 78.4 Å². The third-order valence-corrected chi connectivity index (χ3v) is 6.38. The van der Waals surface area contributed by atoms with Crippen LogP contribution in [0.5, 0.6) is 5.75 Å². The van der Waals surface area contributed by atoms with Crippen LogP contribution in [0, 0.1) is 0 Å². The van der Waals surface area contributed by atoms with E-state index in [-0.39, 0.29) is 0 Å². The van der Waals surface area contributed by atoms with Gasteiger partial charge in [0.1, 0.15) is 5.75 Å². The Labute approximate surface area is 197 Å². The lowest BCUT2D eigenvalue weighted by atomic mass is 9.99. The van der Waals surface area contributed by atoms with Crippen LogP contribution >= 0.6 is 0 Å². The van der Waals surface area contributed by atoms with Crippen LogP contribution in [0.25, 0.3) is 32.9 Å². The third kappa shape index (κ3) is 3.70. The summed E-state index contributed by atoms with van der Waals surface area (Å²) in [5.74, 6) is 1.33. The molecule has 1 N–H and O–H groups in total. The van der Waals surface area contributed by atoms with Gasteiger partial charge in [0, 0.05) is 54.2 Å². The predicted octanol–water partition coefficient (Wildman–Crippen LogP) is 4.98. The van der Waals surface area contributed by atoms with Gasteiger partial charge in [-0.05, 0) is 60.5 Å². The van der Waals surface area contributed by atoms with Crippen LogP contribution in [0.4, 0.5) is 11.6 Å². The number of hydrogen-bond donors (Lipinski definition) is 1. The second-order valence-corrected chi connectivity index (χ2v) is 8.66. The van der Waals surface area contributed by atoms with E-state index >= 15 is 0 Å². The van der Waals surface area contributed by atoms with Crippen LogP contribution in [0.2, 0.25) is 0 Å². The minimum atomic E-state index is 0.529. The van der Waals surface area contributed by atoms with Gasteiger partial charge in [0.15, 0.2) is 0 Å². The average Bonchev–Trinajstić information content (AvgIpc) is 2.87. The van der Waals surface area contributed by atoms with Crippen molar-refractivity contribution in [3.8, 4) is 16.9 Å². The molecular weight excluding hydrogens is 424 g/mol. The number of benzene rings is 2. The van der Waals surface area contributed by atoms with Gasteiger partial charge in [-0.15, -0.1) is 0 Å². The first-order chi connectivity index (χ1) is 16.7. The molecular formula is C27H24N6O. The number of hydrogen-bond acceptors (Lipinski definition) is 7. The summed E-state index contributed by atoms with van der Waals surface area (Å²) in [5.41, 5.74) is 7.28. The fourth-order valence-corrected chi connectivity index (χ4v) is 4.58. The van der Waals surface area contributed by atoms with E-state index in [1.807, 2.05) is 36.8 Å². The molecule has 34 heavy (non-hydrogen) atoms. The fraction of sp³-hybridized carbons (Fsp3) is 0.185. The highest BCUT2D eigenvalue weighted by Crippen LogP contribution is 2.33. The van der Waals surface area contributed by atoms with E-state index in [4.69, 9.17) is 9.72 Å². The molecule has 0 aliphatic carbocycles. The fourth-order valence-electron chi connectivity index (χ4n) is 4.58. The average molecular weight is 449 g/mol. The number of nitrogens with zero attached hydrogens (tertiary/aromatic N) is 5. The molecule has 0 saturated heterocycles. The Morgan fingerprint density at radius 3 is 2.82 bits per heavy atom. The van der Waals surface area contributed by atoms with Crippen LogP contribution in [-0.2, 0) is 13.0 Å².